The summed E-state index contributed by atoms with van der Waals surface area (Å²) >= 11 is 1.91. The van der Waals surface area contributed by atoms with Gasteiger partial charge in [0.25, 0.3) is 0 Å². The summed E-state index contributed by atoms with van der Waals surface area (Å²) in [5, 5.41) is 0. The number of thioether (sulfide) groups is 1. The fourth-order valence-electron chi connectivity index (χ4n) is 2.57. The number of hydrogen-bond donors (Lipinski definition) is 1. The Hall–Kier alpha value is -1.23. The minimum absolute atomic E-state index is 0.556. The Morgan fingerprint density at radius 1 is 1.20 bits per heavy atom. The molecule has 2 aromatic rings. The van der Waals surface area contributed by atoms with Crippen molar-refractivity contribution in [2.24, 2.45) is 0 Å². The molecule has 2 heterocycles. The molecule has 0 bridgehead atoms. The van der Waals surface area contributed by atoms with E-state index in [1.54, 1.807) is 0 Å². The number of fused-ring (bicyclic) bond motifs is 1. The summed E-state index contributed by atoms with van der Waals surface area (Å²) in [6, 6.07) is 0. The second kappa shape index (κ2) is 6.48. The molecule has 0 radical (unpaired) electrons. The molecule has 0 saturated heterocycles. The number of nitrogens with zero attached hydrogens (tertiary/aromatic N) is 3. The van der Waals surface area contributed by atoms with Crippen LogP contribution in [0.2, 0.25) is 0 Å². The summed E-state index contributed by atoms with van der Waals surface area (Å²) in [7, 11) is 0. The molecule has 2 N–H and O–H groups in total. The molecule has 0 aliphatic carbocycles. The van der Waals surface area contributed by atoms with E-state index < -0.39 is 0 Å². The molecular weight excluding hydrogens is 268 g/mol. The number of nitrogens with two attached hydrogens (primary N) is 1. The monoisotopic (exact) mass is 292 g/mol. The van der Waals surface area contributed by atoms with Gasteiger partial charge in [-0.1, -0.05) is 6.92 Å². The van der Waals surface area contributed by atoms with E-state index in [-0.39, 0.29) is 0 Å². The summed E-state index contributed by atoms with van der Waals surface area (Å²) in [6.45, 7) is 7.29. The highest BCUT2D eigenvalue weighted by Crippen LogP contribution is 2.26. The highest BCUT2D eigenvalue weighted by molar-refractivity contribution is 7.98. The predicted molar refractivity (Wildman–Crippen MR) is 88.4 cm³/mol. The van der Waals surface area contributed by atoms with Crippen LogP contribution in [0.25, 0.3) is 11.0 Å². The molecule has 0 aliphatic rings. The third-order valence-electron chi connectivity index (χ3n) is 3.77. The first-order valence-corrected chi connectivity index (χ1v) is 8.60. The lowest BCUT2D eigenvalue weighted by molar-refractivity contribution is 0.621. The minimum atomic E-state index is 0.556. The summed E-state index contributed by atoms with van der Waals surface area (Å²) in [4.78, 5) is 9.10. The lowest BCUT2D eigenvalue weighted by atomic mass is 10.2. The second-order valence-electron chi connectivity index (χ2n) is 5.14. The smallest absolute Gasteiger partial charge is 0.151 e. The van der Waals surface area contributed by atoms with Gasteiger partial charge in [-0.3, -0.25) is 0 Å². The van der Waals surface area contributed by atoms with Gasteiger partial charge in [0.2, 0.25) is 0 Å². The number of unbranched alkanes of at least 4 members (excludes halogenated alkanes) is 1. The largest absolute Gasteiger partial charge is 0.382 e. The molecule has 0 atom stereocenters. The van der Waals surface area contributed by atoms with Crippen LogP contribution in [0.1, 0.15) is 36.8 Å². The van der Waals surface area contributed by atoms with Gasteiger partial charge in [-0.15, -0.1) is 0 Å². The van der Waals surface area contributed by atoms with Crippen molar-refractivity contribution in [3.8, 4) is 0 Å². The SMILES string of the molecule is CCc1nc2c(N)nc(C)c(C)c2n1CCCCSC. The Morgan fingerprint density at radius 3 is 2.60 bits per heavy atom. The Kier molecular flexibility index (Phi) is 4.91. The number of aromatic nitrogens is 3. The van der Waals surface area contributed by atoms with Crippen LogP contribution in [0.4, 0.5) is 5.82 Å². The van der Waals surface area contributed by atoms with Crippen molar-refractivity contribution in [3.05, 3.63) is 17.1 Å². The average Bonchev–Trinajstić information content (AvgIpc) is 2.80. The molecule has 4 nitrogen and oxygen atoms in total. The van der Waals surface area contributed by atoms with Gasteiger partial charge in [-0.25, -0.2) is 9.97 Å². The maximum Gasteiger partial charge on any atom is 0.151 e. The number of nitrogen functional groups attached to an aromatic ring is 1. The van der Waals surface area contributed by atoms with E-state index in [9.17, 15) is 0 Å². The van der Waals surface area contributed by atoms with Crippen LogP contribution in [0.5, 0.6) is 0 Å². The van der Waals surface area contributed by atoms with Crippen molar-refractivity contribution >= 4 is 28.6 Å². The van der Waals surface area contributed by atoms with Crippen molar-refractivity contribution in [1.29, 1.82) is 0 Å². The zero-order valence-electron chi connectivity index (χ0n) is 12.9. The lowest BCUT2D eigenvalue weighted by Crippen LogP contribution is -2.05. The normalized spacial score (nSPS) is 11.4. The molecule has 2 aromatic heterocycles. The Labute approximate surface area is 125 Å². The number of hydrogen-bond acceptors (Lipinski definition) is 4. The van der Waals surface area contributed by atoms with Crippen molar-refractivity contribution < 1.29 is 0 Å². The first kappa shape index (κ1) is 15.2. The Bertz CT molecular complexity index is 604. The number of imidazole rings is 1. The third-order valence-corrected chi connectivity index (χ3v) is 4.47. The molecule has 0 aromatic carbocycles. The third kappa shape index (κ3) is 2.77. The van der Waals surface area contributed by atoms with Gasteiger partial charge in [0.15, 0.2) is 5.82 Å². The van der Waals surface area contributed by atoms with E-state index in [2.05, 4.69) is 29.7 Å². The first-order chi connectivity index (χ1) is 9.60. The zero-order valence-corrected chi connectivity index (χ0v) is 13.7. The Balaban J connectivity index is 2.45. The van der Waals surface area contributed by atoms with Gasteiger partial charge in [0.05, 0.1) is 5.52 Å². The molecule has 20 heavy (non-hydrogen) atoms. The van der Waals surface area contributed by atoms with E-state index in [0.717, 1.165) is 30.0 Å². The van der Waals surface area contributed by atoms with Gasteiger partial charge in [-0.2, -0.15) is 11.8 Å². The molecule has 110 valence electrons. The molecule has 0 fully saturated rings. The number of rotatable bonds is 6. The maximum atomic E-state index is 6.05. The van der Waals surface area contributed by atoms with Gasteiger partial charge < -0.3 is 10.3 Å². The van der Waals surface area contributed by atoms with E-state index in [0.29, 0.717) is 5.82 Å². The molecule has 5 heteroatoms. The van der Waals surface area contributed by atoms with Crippen molar-refractivity contribution in [3.63, 3.8) is 0 Å². The van der Waals surface area contributed by atoms with E-state index in [1.165, 1.54) is 29.7 Å². The molecular formula is C15H24N4S. The van der Waals surface area contributed by atoms with Crippen LogP contribution in [0.3, 0.4) is 0 Å². The highest BCUT2D eigenvalue weighted by atomic mass is 32.2. The summed E-state index contributed by atoms with van der Waals surface area (Å²) in [5.41, 5.74) is 10.3. The van der Waals surface area contributed by atoms with Crippen LogP contribution >= 0.6 is 11.8 Å². The lowest BCUT2D eigenvalue weighted by Gasteiger charge is -2.11. The summed E-state index contributed by atoms with van der Waals surface area (Å²) < 4.78 is 2.34. The van der Waals surface area contributed by atoms with E-state index in [4.69, 9.17) is 10.7 Å². The number of pyridine rings is 1. The topological polar surface area (TPSA) is 56.7 Å². The molecule has 0 unspecified atom stereocenters. The van der Waals surface area contributed by atoms with Crippen molar-refractivity contribution in [2.45, 2.75) is 46.6 Å². The first-order valence-electron chi connectivity index (χ1n) is 7.20. The van der Waals surface area contributed by atoms with Gasteiger partial charge in [0.1, 0.15) is 11.3 Å². The van der Waals surface area contributed by atoms with Crippen LogP contribution in [-0.4, -0.2) is 26.5 Å². The predicted octanol–water partition coefficient (Wildman–Crippen LogP) is 3.34. The van der Waals surface area contributed by atoms with Crippen LogP contribution in [0, 0.1) is 13.8 Å². The second-order valence-corrected chi connectivity index (χ2v) is 6.12. The summed E-state index contributed by atoms with van der Waals surface area (Å²) in [5.74, 6) is 2.89. The average molecular weight is 292 g/mol. The van der Waals surface area contributed by atoms with Gasteiger partial charge in [0, 0.05) is 18.7 Å². The molecule has 0 aliphatic heterocycles. The summed E-state index contributed by atoms with van der Waals surface area (Å²) in [6.07, 6.45) is 5.50. The number of anilines is 1. The van der Waals surface area contributed by atoms with Crippen molar-refractivity contribution in [2.75, 3.05) is 17.7 Å². The van der Waals surface area contributed by atoms with Gasteiger partial charge >= 0.3 is 0 Å². The van der Waals surface area contributed by atoms with Crippen LogP contribution in [0.15, 0.2) is 0 Å². The van der Waals surface area contributed by atoms with Crippen molar-refractivity contribution in [1.82, 2.24) is 14.5 Å². The Morgan fingerprint density at radius 2 is 1.95 bits per heavy atom. The minimum Gasteiger partial charge on any atom is -0.382 e. The maximum absolute atomic E-state index is 6.05. The molecule has 0 spiro atoms. The molecule has 0 saturated carbocycles. The highest BCUT2D eigenvalue weighted by Gasteiger charge is 2.16. The standard InChI is InChI=1S/C15H24N4S/c1-5-12-18-13-14(10(2)11(3)17-15(13)16)19(12)8-6-7-9-20-4/h5-9H2,1-4H3,(H2,16,17). The fraction of sp³-hybridized carbons (Fsp3) is 0.600. The number of aryl methyl sites for hydroxylation is 4. The zero-order chi connectivity index (χ0) is 14.7. The molecule has 2 rings (SSSR count). The van der Waals surface area contributed by atoms with Gasteiger partial charge in [-0.05, 0) is 44.3 Å². The van der Waals surface area contributed by atoms with E-state index in [1.807, 2.05) is 18.7 Å². The van der Waals surface area contributed by atoms with E-state index >= 15 is 0 Å². The van der Waals surface area contributed by atoms with Crippen LogP contribution < -0.4 is 5.73 Å². The van der Waals surface area contributed by atoms with Crippen LogP contribution in [-0.2, 0) is 13.0 Å². The fourth-order valence-corrected chi connectivity index (χ4v) is 3.07. The molecule has 0 amide bonds. The quantitative estimate of drug-likeness (QED) is 0.830.